The molecule has 1 rings (SSSR count). The van der Waals surface area contributed by atoms with Crippen LogP contribution in [0.3, 0.4) is 0 Å². The third-order valence-corrected chi connectivity index (χ3v) is 3.86. The minimum atomic E-state index is -3.80. The summed E-state index contributed by atoms with van der Waals surface area (Å²) in [5.74, 6) is -1.58. The van der Waals surface area contributed by atoms with Crippen LogP contribution in [0.25, 0.3) is 0 Å². The van der Waals surface area contributed by atoms with Crippen LogP contribution in [0, 0.1) is 0 Å². The van der Waals surface area contributed by atoms with E-state index >= 15 is 0 Å². The standard InChI is InChI=1S/C11H15NO5S/c1-3-17-11(14)8-18(15,16)12(2)9-5-4-6-10(13)7-9/h4-7,13H,3,8H2,1-2H3. The maximum Gasteiger partial charge on any atom is 0.323 e. The molecule has 0 saturated carbocycles. The maximum absolute atomic E-state index is 11.9. The van der Waals surface area contributed by atoms with Crippen molar-refractivity contribution in [3.63, 3.8) is 0 Å². The minimum Gasteiger partial charge on any atom is -0.508 e. The normalized spacial score (nSPS) is 11.0. The highest BCUT2D eigenvalue weighted by Gasteiger charge is 2.23. The molecule has 0 unspecified atom stereocenters. The van der Waals surface area contributed by atoms with E-state index in [1.807, 2.05) is 0 Å². The first-order chi connectivity index (χ1) is 8.36. The fourth-order valence-electron chi connectivity index (χ4n) is 1.30. The number of sulfonamides is 1. The number of aromatic hydroxyl groups is 1. The first kappa shape index (κ1) is 14.3. The van der Waals surface area contributed by atoms with Crippen molar-refractivity contribution in [1.82, 2.24) is 0 Å². The molecule has 0 aromatic heterocycles. The Hall–Kier alpha value is -1.76. The molecule has 0 aliphatic carbocycles. The lowest BCUT2D eigenvalue weighted by molar-refractivity contribution is -0.139. The van der Waals surface area contributed by atoms with Crippen LogP contribution in [-0.2, 0) is 19.6 Å². The number of benzene rings is 1. The average Bonchev–Trinajstić information content (AvgIpc) is 2.27. The number of phenolic OH excluding ortho intramolecular Hbond substituents is 1. The van der Waals surface area contributed by atoms with Gasteiger partial charge in [-0.3, -0.25) is 9.10 Å². The molecule has 7 heteroatoms. The van der Waals surface area contributed by atoms with E-state index in [1.54, 1.807) is 6.92 Å². The summed E-state index contributed by atoms with van der Waals surface area (Å²) >= 11 is 0. The van der Waals surface area contributed by atoms with Crippen LogP contribution in [0.15, 0.2) is 24.3 Å². The number of phenols is 1. The van der Waals surface area contributed by atoms with Crippen LogP contribution >= 0.6 is 0 Å². The molecular weight excluding hydrogens is 258 g/mol. The van der Waals surface area contributed by atoms with E-state index in [4.69, 9.17) is 0 Å². The van der Waals surface area contributed by atoms with Gasteiger partial charge >= 0.3 is 5.97 Å². The molecule has 0 bridgehead atoms. The molecule has 18 heavy (non-hydrogen) atoms. The molecule has 1 aromatic carbocycles. The van der Waals surface area contributed by atoms with Gasteiger partial charge in [-0.05, 0) is 19.1 Å². The summed E-state index contributed by atoms with van der Waals surface area (Å²) in [6.07, 6.45) is 0. The molecule has 0 aliphatic heterocycles. The molecule has 0 radical (unpaired) electrons. The van der Waals surface area contributed by atoms with E-state index in [2.05, 4.69) is 4.74 Å². The minimum absolute atomic E-state index is 0.0503. The fraction of sp³-hybridized carbons (Fsp3) is 0.364. The molecule has 0 fully saturated rings. The molecule has 0 saturated heterocycles. The van der Waals surface area contributed by atoms with Gasteiger partial charge < -0.3 is 9.84 Å². The van der Waals surface area contributed by atoms with Gasteiger partial charge in [-0.25, -0.2) is 8.42 Å². The van der Waals surface area contributed by atoms with E-state index in [0.717, 1.165) is 4.31 Å². The number of hydrogen-bond acceptors (Lipinski definition) is 5. The Morgan fingerprint density at radius 3 is 2.67 bits per heavy atom. The largest absolute Gasteiger partial charge is 0.508 e. The van der Waals surface area contributed by atoms with Gasteiger partial charge in [0, 0.05) is 13.1 Å². The summed E-state index contributed by atoms with van der Waals surface area (Å²) in [4.78, 5) is 11.2. The van der Waals surface area contributed by atoms with Crippen molar-refractivity contribution in [2.45, 2.75) is 6.92 Å². The number of nitrogens with zero attached hydrogens (tertiary/aromatic N) is 1. The highest BCUT2D eigenvalue weighted by Crippen LogP contribution is 2.21. The molecule has 0 amide bonds. The Bertz CT molecular complexity index is 526. The average molecular weight is 273 g/mol. The molecule has 0 spiro atoms. The Labute approximate surface area is 106 Å². The molecule has 100 valence electrons. The van der Waals surface area contributed by atoms with Crippen molar-refractivity contribution in [1.29, 1.82) is 0 Å². The van der Waals surface area contributed by atoms with E-state index in [9.17, 15) is 18.3 Å². The lowest BCUT2D eigenvalue weighted by Gasteiger charge is -2.18. The van der Waals surface area contributed by atoms with Crippen LogP contribution in [0.4, 0.5) is 5.69 Å². The first-order valence-corrected chi connectivity index (χ1v) is 6.89. The zero-order valence-electron chi connectivity index (χ0n) is 10.2. The highest BCUT2D eigenvalue weighted by molar-refractivity contribution is 7.93. The molecule has 6 nitrogen and oxygen atoms in total. The smallest absolute Gasteiger partial charge is 0.323 e. The van der Waals surface area contributed by atoms with Crippen LogP contribution in [0.5, 0.6) is 5.75 Å². The summed E-state index contributed by atoms with van der Waals surface area (Å²) < 4.78 is 29.3. The highest BCUT2D eigenvalue weighted by atomic mass is 32.2. The third-order valence-electron chi connectivity index (χ3n) is 2.22. The van der Waals surface area contributed by atoms with Crippen molar-refractivity contribution < 1.29 is 23.1 Å². The van der Waals surface area contributed by atoms with Gasteiger partial charge in [-0.2, -0.15) is 0 Å². The predicted molar refractivity (Wildman–Crippen MR) is 66.9 cm³/mol. The van der Waals surface area contributed by atoms with Gasteiger partial charge in [0.15, 0.2) is 5.75 Å². The SMILES string of the molecule is CCOC(=O)CS(=O)(=O)N(C)c1cccc(O)c1. The Morgan fingerprint density at radius 2 is 2.11 bits per heavy atom. The van der Waals surface area contributed by atoms with Crippen LogP contribution in [-0.4, -0.2) is 38.9 Å². The summed E-state index contributed by atoms with van der Waals surface area (Å²) in [6.45, 7) is 1.73. The van der Waals surface area contributed by atoms with Crippen LogP contribution < -0.4 is 4.31 Å². The molecule has 0 heterocycles. The molecule has 1 aromatic rings. The second-order valence-corrected chi connectivity index (χ2v) is 5.55. The van der Waals surface area contributed by atoms with Gasteiger partial charge in [-0.15, -0.1) is 0 Å². The monoisotopic (exact) mass is 273 g/mol. The number of rotatable bonds is 5. The molecule has 0 aliphatic rings. The van der Waals surface area contributed by atoms with E-state index in [0.29, 0.717) is 0 Å². The number of hydrogen-bond donors (Lipinski definition) is 1. The Morgan fingerprint density at radius 1 is 1.44 bits per heavy atom. The Kier molecular flexibility index (Phi) is 4.55. The Balaban J connectivity index is 2.88. The summed E-state index contributed by atoms with van der Waals surface area (Å²) in [5, 5.41) is 9.28. The molecular formula is C11H15NO5S. The fourth-order valence-corrected chi connectivity index (χ4v) is 2.31. The molecule has 0 atom stereocenters. The summed E-state index contributed by atoms with van der Waals surface area (Å²) in [6, 6.07) is 5.75. The molecule has 1 N–H and O–H groups in total. The second-order valence-electron chi connectivity index (χ2n) is 3.55. The number of esters is 1. The topological polar surface area (TPSA) is 83.9 Å². The van der Waals surface area contributed by atoms with Gasteiger partial charge in [0.25, 0.3) is 0 Å². The van der Waals surface area contributed by atoms with Crippen LogP contribution in [0.1, 0.15) is 6.92 Å². The zero-order valence-corrected chi connectivity index (χ0v) is 11.0. The lowest BCUT2D eigenvalue weighted by Crippen LogP contribution is -2.33. The van der Waals surface area contributed by atoms with Gasteiger partial charge in [0.05, 0.1) is 12.3 Å². The summed E-state index contributed by atoms with van der Waals surface area (Å²) in [7, 11) is -2.49. The van der Waals surface area contributed by atoms with Crippen molar-refractivity contribution in [3.05, 3.63) is 24.3 Å². The first-order valence-electron chi connectivity index (χ1n) is 5.28. The number of ether oxygens (including phenoxy) is 1. The summed E-state index contributed by atoms with van der Waals surface area (Å²) in [5.41, 5.74) is 0.277. The van der Waals surface area contributed by atoms with E-state index in [1.165, 1.54) is 31.3 Å². The van der Waals surface area contributed by atoms with Crippen molar-refractivity contribution >= 4 is 21.7 Å². The quantitative estimate of drug-likeness (QED) is 0.799. The number of carbonyl (C=O) groups excluding carboxylic acids is 1. The number of carbonyl (C=O) groups is 1. The van der Waals surface area contributed by atoms with Gasteiger partial charge in [-0.1, -0.05) is 6.07 Å². The predicted octanol–water partition coefficient (Wildman–Crippen LogP) is 0.721. The van der Waals surface area contributed by atoms with Crippen molar-refractivity contribution in [3.8, 4) is 5.75 Å². The lowest BCUT2D eigenvalue weighted by atomic mass is 10.3. The van der Waals surface area contributed by atoms with Gasteiger partial charge in [0.1, 0.15) is 5.75 Å². The van der Waals surface area contributed by atoms with Crippen molar-refractivity contribution in [2.24, 2.45) is 0 Å². The third kappa shape index (κ3) is 3.63. The van der Waals surface area contributed by atoms with Crippen LogP contribution in [0.2, 0.25) is 0 Å². The van der Waals surface area contributed by atoms with E-state index < -0.39 is 21.7 Å². The second kappa shape index (κ2) is 5.72. The van der Waals surface area contributed by atoms with E-state index in [-0.39, 0.29) is 18.0 Å². The zero-order chi connectivity index (χ0) is 13.8. The maximum atomic E-state index is 11.9. The van der Waals surface area contributed by atoms with Crippen molar-refractivity contribution in [2.75, 3.05) is 23.7 Å². The number of anilines is 1. The van der Waals surface area contributed by atoms with Gasteiger partial charge in [0.2, 0.25) is 10.0 Å².